The molecule has 1 unspecified atom stereocenters. The van der Waals surface area contributed by atoms with Gasteiger partial charge in [-0.05, 0) is 48.4 Å². The number of benzene rings is 2. The molecule has 0 aliphatic rings. The van der Waals surface area contributed by atoms with Crippen LogP contribution in [0.1, 0.15) is 17.2 Å². The topological polar surface area (TPSA) is 70.6 Å². The minimum Gasteiger partial charge on any atom is -0.497 e. The fourth-order valence-corrected chi connectivity index (χ4v) is 2.28. The Morgan fingerprint density at radius 3 is 2.52 bits per heavy atom. The number of urea groups is 1. The van der Waals surface area contributed by atoms with Crippen molar-refractivity contribution in [3.8, 4) is 5.75 Å². The molecular weight excluding hydrogens is 316 g/mol. The molecule has 0 saturated heterocycles. The van der Waals surface area contributed by atoms with E-state index in [1.807, 2.05) is 13.0 Å². The highest BCUT2D eigenvalue weighted by molar-refractivity contribution is 6.30. The number of hydrogen-bond donors (Lipinski definition) is 3. The third kappa shape index (κ3) is 4.61. The quantitative estimate of drug-likeness (QED) is 0.783. The van der Waals surface area contributed by atoms with Gasteiger partial charge in [0.1, 0.15) is 5.75 Å². The molecule has 0 bridgehead atoms. The molecule has 23 heavy (non-hydrogen) atoms. The number of carbonyl (C=O) groups is 1. The van der Waals surface area contributed by atoms with Gasteiger partial charge in [0.05, 0.1) is 19.8 Å². The molecule has 5 nitrogen and oxygen atoms in total. The molecule has 0 aliphatic heterocycles. The molecule has 2 amide bonds. The maximum Gasteiger partial charge on any atom is 0.319 e. The lowest BCUT2D eigenvalue weighted by molar-refractivity contribution is 0.225. The SMILES string of the molecule is COc1ccc(NC(=O)NC(CO)c2ccc(Cl)cc2)c(C)c1. The lowest BCUT2D eigenvalue weighted by atomic mass is 10.1. The lowest BCUT2D eigenvalue weighted by Gasteiger charge is -2.18. The maximum atomic E-state index is 12.1. The van der Waals surface area contributed by atoms with Crippen LogP contribution in [0.4, 0.5) is 10.5 Å². The number of amides is 2. The molecule has 1 atom stereocenters. The van der Waals surface area contributed by atoms with Crippen LogP contribution < -0.4 is 15.4 Å². The largest absolute Gasteiger partial charge is 0.497 e. The van der Waals surface area contributed by atoms with Crippen molar-refractivity contribution >= 4 is 23.3 Å². The number of aryl methyl sites for hydroxylation is 1. The van der Waals surface area contributed by atoms with Gasteiger partial charge in [-0.3, -0.25) is 0 Å². The Bertz CT molecular complexity index is 674. The second kappa shape index (κ2) is 7.85. The van der Waals surface area contributed by atoms with Crippen molar-refractivity contribution in [1.82, 2.24) is 5.32 Å². The number of methoxy groups -OCH3 is 1. The van der Waals surface area contributed by atoms with Crippen LogP contribution in [0, 0.1) is 6.92 Å². The van der Waals surface area contributed by atoms with Crippen LogP contribution in [0.25, 0.3) is 0 Å². The van der Waals surface area contributed by atoms with Crippen LogP contribution in [-0.4, -0.2) is 24.9 Å². The third-order valence-corrected chi connectivity index (χ3v) is 3.69. The van der Waals surface area contributed by atoms with Gasteiger partial charge < -0.3 is 20.5 Å². The number of rotatable bonds is 5. The van der Waals surface area contributed by atoms with E-state index in [9.17, 15) is 9.90 Å². The van der Waals surface area contributed by atoms with Gasteiger partial charge in [-0.2, -0.15) is 0 Å². The first-order valence-corrected chi connectivity index (χ1v) is 7.49. The van der Waals surface area contributed by atoms with Gasteiger partial charge in [0.25, 0.3) is 0 Å². The predicted octanol–water partition coefficient (Wildman–Crippen LogP) is 3.51. The van der Waals surface area contributed by atoms with E-state index in [-0.39, 0.29) is 6.61 Å². The van der Waals surface area contributed by atoms with Gasteiger partial charge in [0.15, 0.2) is 0 Å². The van der Waals surface area contributed by atoms with Crippen LogP contribution in [0.5, 0.6) is 5.75 Å². The van der Waals surface area contributed by atoms with Gasteiger partial charge in [0.2, 0.25) is 0 Å². The molecule has 0 fully saturated rings. The van der Waals surface area contributed by atoms with Crippen molar-refractivity contribution in [1.29, 1.82) is 0 Å². The molecule has 0 aromatic heterocycles. The highest BCUT2D eigenvalue weighted by Crippen LogP contribution is 2.21. The van der Waals surface area contributed by atoms with E-state index >= 15 is 0 Å². The van der Waals surface area contributed by atoms with Crippen LogP contribution in [-0.2, 0) is 0 Å². The van der Waals surface area contributed by atoms with Crippen molar-refractivity contribution in [3.05, 3.63) is 58.6 Å². The molecular formula is C17H19ClN2O3. The highest BCUT2D eigenvalue weighted by Gasteiger charge is 2.14. The molecule has 3 N–H and O–H groups in total. The molecule has 6 heteroatoms. The Balaban J connectivity index is 2.04. The number of nitrogens with one attached hydrogen (secondary N) is 2. The first-order chi connectivity index (χ1) is 11.0. The molecule has 122 valence electrons. The van der Waals surface area contributed by atoms with Crippen LogP contribution in [0.3, 0.4) is 0 Å². The van der Waals surface area contributed by atoms with E-state index in [0.29, 0.717) is 10.7 Å². The molecule has 2 aromatic rings. The number of anilines is 1. The standard InChI is InChI=1S/C17H19ClN2O3/c1-11-9-14(23-2)7-8-15(11)19-17(22)20-16(10-21)12-3-5-13(18)6-4-12/h3-9,16,21H,10H2,1-2H3,(H2,19,20,22). The van der Waals surface area contributed by atoms with Gasteiger partial charge in [0, 0.05) is 10.7 Å². The summed E-state index contributed by atoms with van der Waals surface area (Å²) in [7, 11) is 1.59. The van der Waals surface area contributed by atoms with Crippen LogP contribution in [0.15, 0.2) is 42.5 Å². The van der Waals surface area contributed by atoms with E-state index in [1.54, 1.807) is 43.5 Å². The second-order valence-corrected chi connectivity index (χ2v) is 5.50. The second-order valence-electron chi connectivity index (χ2n) is 5.07. The van der Waals surface area contributed by atoms with E-state index in [1.165, 1.54) is 0 Å². The number of aliphatic hydroxyl groups is 1. The van der Waals surface area contributed by atoms with Crippen molar-refractivity contribution in [2.75, 3.05) is 19.0 Å². The average Bonchev–Trinajstić information content (AvgIpc) is 2.55. The zero-order valence-electron chi connectivity index (χ0n) is 13.0. The van der Waals surface area contributed by atoms with Gasteiger partial charge >= 0.3 is 6.03 Å². The summed E-state index contributed by atoms with van der Waals surface area (Å²) in [6.07, 6.45) is 0. The maximum absolute atomic E-state index is 12.1. The van der Waals surface area contributed by atoms with Crippen molar-refractivity contribution in [3.63, 3.8) is 0 Å². The number of ether oxygens (including phenoxy) is 1. The Hall–Kier alpha value is -2.24. The minimum atomic E-state index is -0.508. The van der Waals surface area contributed by atoms with Crippen molar-refractivity contribution in [2.24, 2.45) is 0 Å². The zero-order valence-corrected chi connectivity index (χ0v) is 13.7. The number of hydrogen-bond acceptors (Lipinski definition) is 3. The molecule has 2 rings (SSSR count). The van der Waals surface area contributed by atoms with Gasteiger partial charge in [-0.15, -0.1) is 0 Å². The lowest BCUT2D eigenvalue weighted by Crippen LogP contribution is -2.34. The summed E-state index contributed by atoms with van der Waals surface area (Å²) in [6, 6.07) is 11.4. The fraction of sp³-hybridized carbons (Fsp3) is 0.235. The molecule has 2 aromatic carbocycles. The Morgan fingerprint density at radius 1 is 1.26 bits per heavy atom. The Morgan fingerprint density at radius 2 is 1.96 bits per heavy atom. The minimum absolute atomic E-state index is 0.212. The van der Waals surface area contributed by atoms with Crippen molar-refractivity contribution < 1.29 is 14.6 Å². The van der Waals surface area contributed by atoms with Crippen LogP contribution >= 0.6 is 11.6 Å². The molecule has 0 aliphatic carbocycles. The fourth-order valence-electron chi connectivity index (χ4n) is 2.15. The molecule has 0 saturated carbocycles. The smallest absolute Gasteiger partial charge is 0.319 e. The summed E-state index contributed by atoms with van der Waals surface area (Å²) in [5, 5.41) is 15.6. The summed E-state index contributed by atoms with van der Waals surface area (Å²) in [4.78, 5) is 12.1. The summed E-state index contributed by atoms with van der Waals surface area (Å²) in [5.74, 6) is 0.725. The van der Waals surface area contributed by atoms with Gasteiger partial charge in [-0.1, -0.05) is 23.7 Å². The molecule has 0 heterocycles. The first kappa shape index (κ1) is 17.1. The predicted molar refractivity (Wildman–Crippen MR) is 91.2 cm³/mol. The zero-order chi connectivity index (χ0) is 16.8. The molecule has 0 spiro atoms. The summed E-state index contributed by atoms with van der Waals surface area (Å²) < 4.78 is 5.13. The average molecular weight is 335 g/mol. The number of aliphatic hydroxyl groups excluding tert-OH is 1. The van der Waals surface area contributed by atoms with Crippen LogP contribution in [0.2, 0.25) is 5.02 Å². The van der Waals surface area contributed by atoms with Crippen molar-refractivity contribution in [2.45, 2.75) is 13.0 Å². The Kier molecular flexibility index (Phi) is 5.84. The van der Waals surface area contributed by atoms with E-state index < -0.39 is 12.1 Å². The Labute approximate surface area is 140 Å². The van der Waals surface area contributed by atoms with E-state index in [0.717, 1.165) is 16.9 Å². The monoisotopic (exact) mass is 334 g/mol. The third-order valence-electron chi connectivity index (χ3n) is 3.44. The van der Waals surface area contributed by atoms with Gasteiger partial charge in [-0.25, -0.2) is 4.79 Å². The highest BCUT2D eigenvalue weighted by atomic mass is 35.5. The molecule has 0 radical (unpaired) electrons. The van der Waals surface area contributed by atoms with E-state index in [2.05, 4.69) is 10.6 Å². The normalized spacial score (nSPS) is 11.7. The number of halogens is 1. The summed E-state index contributed by atoms with van der Waals surface area (Å²) in [6.45, 7) is 1.66. The van der Waals surface area contributed by atoms with E-state index in [4.69, 9.17) is 16.3 Å². The summed E-state index contributed by atoms with van der Waals surface area (Å²) >= 11 is 5.84. The number of carbonyl (C=O) groups excluding carboxylic acids is 1. The first-order valence-electron chi connectivity index (χ1n) is 7.12. The summed E-state index contributed by atoms with van der Waals surface area (Å²) in [5.41, 5.74) is 2.33.